The maximum atomic E-state index is 15.1. The molecule has 0 unspecified atom stereocenters. The zero-order chi connectivity index (χ0) is 20.7. The molecule has 154 valence electrons. The first kappa shape index (κ1) is 18.6. The summed E-state index contributed by atoms with van der Waals surface area (Å²) in [5.41, 5.74) is 5.69. The second-order valence-corrected chi connectivity index (χ2v) is 8.56. The second kappa shape index (κ2) is 6.06. The number of anilines is 1. The number of hydrogen-bond donors (Lipinski definition) is 2. The molecule has 2 heterocycles. The van der Waals surface area contributed by atoms with E-state index in [0.717, 1.165) is 25.1 Å². The molecule has 3 fully saturated rings. The largest absolute Gasteiger partial charge is 0.511 e. The number of alkyl halides is 1. The maximum Gasteiger partial charge on any atom is 0.511 e. The first-order valence-electron chi connectivity index (χ1n) is 9.34. The van der Waals surface area contributed by atoms with Crippen LogP contribution < -0.4 is 20.8 Å². The minimum Gasteiger partial charge on any atom is -0.449 e. The van der Waals surface area contributed by atoms with Crippen molar-refractivity contribution in [3.8, 4) is 5.75 Å². The van der Waals surface area contributed by atoms with Crippen molar-refractivity contribution in [2.75, 3.05) is 18.0 Å². The van der Waals surface area contributed by atoms with Crippen LogP contribution in [0.3, 0.4) is 0 Å². The number of halogens is 3. The molecule has 3 aliphatic rings. The van der Waals surface area contributed by atoms with Gasteiger partial charge in [0.2, 0.25) is 5.43 Å². The Hall–Kier alpha value is -2.39. The Morgan fingerprint density at radius 1 is 1.41 bits per heavy atom. The summed E-state index contributed by atoms with van der Waals surface area (Å²) in [7, 11) is 0. The van der Waals surface area contributed by atoms with Crippen LogP contribution in [0.5, 0.6) is 5.75 Å². The Labute approximate surface area is 168 Å². The smallest absolute Gasteiger partial charge is 0.449 e. The third kappa shape index (κ3) is 2.78. The van der Waals surface area contributed by atoms with E-state index in [1.165, 1.54) is 4.57 Å². The molecule has 1 spiro atoms. The molecule has 0 amide bonds. The van der Waals surface area contributed by atoms with Crippen LogP contribution in [-0.4, -0.2) is 41.1 Å². The SMILES string of the molecule is N[C@@H]1CN(c2c(F)cc3c(=O)c(OC(=O)O)cn([C@@H]4C[C@@H]4F)c3c2Cl)CC12CC2. The van der Waals surface area contributed by atoms with E-state index in [0.29, 0.717) is 13.1 Å². The molecule has 0 bridgehead atoms. The summed E-state index contributed by atoms with van der Waals surface area (Å²) < 4.78 is 34.9. The maximum absolute atomic E-state index is 15.1. The van der Waals surface area contributed by atoms with E-state index in [1.54, 1.807) is 4.90 Å². The number of aromatic nitrogens is 1. The van der Waals surface area contributed by atoms with Gasteiger partial charge in [-0.2, -0.15) is 0 Å². The molecule has 2 aromatic rings. The molecular formula is C19H18ClF2N3O4. The molecule has 1 saturated heterocycles. The van der Waals surface area contributed by atoms with Crippen molar-refractivity contribution >= 4 is 34.3 Å². The van der Waals surface area contributed by atoms with Gasteiger partial charge in [0, 0.05) is 31.0 Å². The summed E-state index contributed by atoms with van der Waals surface area (Å²) >= 11 is 6.58. The first-order chi connectivity index (χ1) is 13.7. The highest BCUT2D eigenvalue weighted by molar-refractivity contribution is 6.38. The lowest BCUT2D eigenvalue weighted by Crippen LogP contribution is -2.30. The summed E-state index contributed by atoms with van der Waals surface area (Å²) in [6, 6.07) is 0.296. The number of carboxylic acid groups (broad SMARTS) is 1. The number of nitrogens with zero attached hydrogens (tertiary/aromatic N) is 2. The summed E-state index contributed by atoms with van der Waals surface area (Å²) in [6.45, 7) is 0.998. The number of hydrogen-bond acceptors (Lipinski definition) is 5. The highest BCUT2D eigenvalue weighted by Gasteiger charge is 2.54. The fourth-order valence-corrected chi connectivity index (χ4v) is 4.83. The number of fused-ring (bicyclic) bond motifs is 1. The third-order valence-electron chi connectivity index (χ3n) is 6.30. The lowest BCUT2D eigenvalue weighted by atomic mass is 10.0. The minimum absolute atomic E-state index is 0.0111. The molecule has 5 rings (SSSR count). The molecule has 1 aliphatic heterocycles. The molecule has 29 heavy (non-hydrogen) atoms. The van der Waals surface area contributed by atoms with Crippen molar-refractivity contribution in [2.24, 2.45) is 11.1 Å². The van der Waals surface area contributed by atoms with Crippen LogP contribution in [0.1, 0.15) is 25.3 Å². The summed E-state index contributed by atoms with van der Waals surface area (Å²) in [5, 5.41) is 8.71. The Morgan fingerprint density at radius 2 is 2.10 bits per heavy atom. The zero-order valence-electron chi connectivity index (χ0n) is 15.2. The molecular weight excluding hydrogens is 408 g/mol. The lowest BCUT2D eigenvalue weighted by molar-refractivity contribution is 0.143. The number of ether oxygens (including phenoxy) is 1. The lowest BCUT2D eigenvalue weighted by Gasteiger charge is -2.23. The highest BCUT2D eigenvalue weighted by atomic mass is 35.5. The van der Waals surface area contributed by atoms with Crippen LogP contribution in [-0.2, 0) is 0 Å². The number of pyridine rings is 1. The summed E-state index contributed by atoms with van der Waals surface area (Å²) in [5.74, 6) is -1.23. The minimum atomic E-state index is -1.69. The molecule has 0 radical (unpaired) electrons. The highest BCUT2D eigenvalue weighted by Crippen LogP contribution is 2.54. The van der Waals surface area contributed by atoms with Crippen LogP contribution in [0.15, 0.2) is 17.1 Å². The molecule has 7 nitrogen and oxygen atoms in total. The van der Waals surface area contributed by atoms with Crippen molar-refractivity contribution in [1.82, 2.24) is 4.57 Å². The van der Waals surface area contributed by atoms with E-state index >= 15 is 4.39 Å². The number of carbonyl (C=O) groups is 1. The normalized spacial score (nSPS) is 26.9. The molecule has 3 atom stereocenters. The Kier molecular flexibility index (Phi) is 3.89. The van der Waals surface area contributed by atoms with Crippen molar-refractivity contribution in [1.29, 1.82) is 0 Å². The van der Waals surface area contributed by atoms with Gasteiger partial charge >= 0.3 is 6.16 Å². The van der Waals surface area contributed by atoms with Crippen LogP contribution in [0.4, 0.5) is 19.3 Å². The molecule has 10 heteroatoms. The zero-order valence-corrected chi connectivity index (χ0v) is 16.0. The summed E-state index contributed by atoms with van der Waals surface area (Å²) in [4.78, 5) is 25.4. The molecule has 1 aromatic heterocycles. The van der Waals surface area contributed by atoms with Crippen LogP contribution in [0, 0.1) is 11.2 Å². The second-order valence-electron chi connectivity index (χ2n) is 8.18. The van der Waals surface area contributed by atoms with Gasteiger partial charge < -0.3 is 25.0 Å². The fraction of sp³-hybridized carbons (Fsp3) is 0.474. The van der Waals surface area contributed by atoms with Gasteiger partial charge in [0.15, 0.2) is 5.75 Å². The molecule has 2 aliphatic carbocycles. The standard InChI is InChI=1S/C19H18ClF2N3O4/c20-14-15-8(3-10(22)16(14)24-6-13(23)19(7-24)1-2-19)17(26)12(29-18(27)28)5-25(15)11-4-9(11)21/h3,5,9,11,13H,1-2,4,6-7,23H2,(H,27,28)/t9-,11+,13+/m0/s1. The van der Waals surface area contributed by atoms with Gasteiger partial charge in [-0.05, 0) is 18.9 Å². The van der Waals surface area contributed by atoms with E-state index in [2.05, 4.69) is 4.74 Å². The van der Waals surface area contributed by atoms with Crippen molar-refractivity contribution in [3.63, 3.8) is 0 Å². The molecule has 3 N–H and O–H groups in total. The van der Waals surface area contributed by atoms with Gasteiger partial charge in [0.05, 0.1) is 33.9 Å². The monoisotopic (exact) mass is 425 g/mol. The Balaban J connectivity index is 1.72. The third-order valence-corrected chi connectivity index (χ3v) is 6.66. The van der Waals surface area contributed by atoms with Crippen LogP contribution in [0.25, 0.3) is 10.9 Å². The van der Waals surface area contributed by atoms with Crippen molar-refractivity contribution in [2.45, 2.75) is 37.5 Å². The van der Waals surface area contributed by atoms with Crippen LogP contribution in [0.2, 0.25) is 5.02 Å². The van der Waals surface area contributed by atoms with E-state index in [4.69, 9.17) is 22.4 Å². The molecule has 2 saturated carbocycles. The topological polar surface area (TPSA) is 97.8 Å². The van der Waals surface area contributed by atoms with Gasteiger partial charge in [-0.15, -0.1) is 0 Å². The average molecular weight is 426 g/mol. The van der Waals surface area contributed by atoms with Crippen molar-refractivity contribution < 1.29 is 23.4 Å². The Morgan fingerprint density at radius 3 is 2.66 bits per heavy atom. The number of benzene rings is 1. The van der Waals surface area contributed by atoms with Gasteiger partial charge in [-0.25, -0.2) is 13.6 Å². The predicted octanol–water partition coefficient (Wildman–Crippen LogP) is 3.06. The van der Waals surface area contributed by atoms with Crippen LogP contribution >= 0.6 is 11.6 Å². The Bertz CT molecular complexity index is 1120. The van der Waals surface area contributed by atoms with Gasteiger partial charge in [0.25, 0.3) is 0 Å². The average Bonchev–Trinajstić information content (AvgIpc) is 3.53. The fourth-order valence-electron chi connectivity index (χ4n) is 4.42. The number of rotatable bonds is 3. The van der Waals surface area contributed by atoms with E-state index in [-0.39, 0.29) is 39.5 Å². The molecule has 1 aromatic carbocycles. The van der Waals surface area contributed by atoms with E-state index in [1.807, 2.05) is 0 Å². The van der Waals surface area contributed by atoms with Crippen molar-refractivity contribution in [3.05, 3.63) is 33.3 Å². The van der Waals surface area contributed by atoms with Gasteiger partial charge in [0.1, 0.15) is 12.0 Å². The quantitative estimate of drug-likeness (QED) is 0.733. The van der Waals surface area contributed by atoms with Gasteiger partial charge in [-0.1, -0.05) is 11.6 Å². The van der Waals surface area contributed by atoms with E-state index in [9.17, 15) is 14.0 Å². The predicted molar refractivity (Wildman–Crippen MR) is 102 cm³/mol. The van der Waals surface area contributed by atoms with E-state index < -0.39 is 35.4 Å². The number of nitrogens with two attached hydrogens (primary N) is 1. The summed E-state index contributed by atoms with van der Waals surface area (Å²) in [6.07, 6.45) is 0.412. The van der Waals surface area contributed by atoms with Gasteiger partial charge in [-0.3, -0.25) is 4.79 Å². The first-order valence-corrected chi connectivity index (χ1v) is 9.72.